The molecule has 0 atom stereocenters. The molecule has 0 radical (unpaired) electrons. The summed E-state index contributed by atoms with van der Waals surface area (Å²) in [6, 6.07) is 13.3. The average Bonchev–Trinajstić information content (AvgIpc) is 2.98. The van der Waals surface area contributed by atoms with Crippen LogP contribution in [-0.2, 0) is 4.74 Å². The smallest absolute Gasteiger partial charge is 0.339 e. The fraction of sp³-hybridized carbons (Fsp3) is 0.0588. The van der Waals surface area contributed by atoms with Crippen LogP contribution in [0.4, 0.5) is 5.69 Å². The van der Waals surface area contributed by atoms with Crippen LogP contribution in [0.15, 0.2) is 52.9 Å². The van der Waals surface area contributed by atoms with Gasteiger partial charge in [0.05, 0.1) is 18.4 Å². The number of amides is 1. The van der Waals surface area contributed by atoms with Crippen molar-refractivity contribution >= 4 is 40.1 Å². The zero-order valence-electron chi connectivity index (χ0n) is 12.1. The van der Waals surface area contributed by atoms with E-state index in [4.69, 9.17) is 20.8 Å². The maximum atomic E-state index is 12.3. The molecule has 0 fully saturated rings. The van der Waals surface area contributed by atoms with Crippen LogP contribution in [-0.4, -0.2) is 19.0 Å². The van der Waals surface area contributed by atoms with Crippen LogP contribution in [0.3, 0.4) is 0 Å². The lowest BCUT2D eigenvalue weighted by molar-refractivity contribution is 0.0602. The lowest BCUT2D eigenvalue weighted by Crippen LogP contribution is -2.14. The van der Waals surface area contributed by atoms with Gasteiger partial charge in [0.1, 0.15) is 5.58 Å². The monoisotopic (exact) mass is 329 g/mol. The van der Waals surface area contributed by atoms with Gasteiger partial charge in [-0.05, 0) is 36.4 Å². The first-order valence-corrected chi connectivity index (χ1v) is 7.14. The third-order valence-electron chi connectivity index (χ3n) is 3.28. The van der Waals surface area contributed by atoms with Crippen molar-refractivity contribution < 1.29 is 18.7 Å². The molecule has 0 aliphatic heterocycles. The molecule has 6 heteroatoms. The van der Waals surface area contributed by atoms with Gasteiger partial charge in [0.2, 0.25) is 0 Å². The van der Waals surface area contributed by atoms with Gasteiger partial charge in [-0.15, -0.1) is 0 Å². The van der Waals surface area contributed by atoms with Gasteiger partial charge in [0.25, 0.3) is 5.91 Å². The molecule has 23 heavy (non-hydrogen) atoms. The summed E-state index contributed by atoms with van der Waals surface area (Å²) in [5.74, 6) is -0.868. The van der Waals surface area contributed by atoms with E-state index in [0.29, 0.717) is 16.3 Å². The fourth-order valence-electron chi connectivity index (χ4n) is 2.19. The quantitative estimate of drug-likeness (QED) is 0.734. The summed E-state index contributed by atoms with van der Waals surface area (Å²) in [4.78, 5) is 24.1. The maximum Gasteiger partial charge on any atom is 0.339 e. The Morgan fingerprint density at radius 1 is 1.13 bits per heavy atom. The number of anilines is 1. The molecule has 3 rings (SSSR count). The molecule has 1 amide bonds. The standard InChI is InChI=1S/C17H12ClNO4/c1-22-17(21)12-4-2-3-5-13(12)19-16(20)15-9-10-8-11(18)6-7-14(10)23-15/h2-9H,1H3,(H,19,20). The third-order valence-corrected chi connectivity index (χ3v) is 3.52. The first kappa shape index (κ1) is 15.1. The fourth-order valence-corrected chi connectivity index (χ4v) is 2.37. The van der Waals surface area contributed by atoms with Gasteiger partial charge in [-0.1, -0.05) is 23.7 Å². The normalized spacial score (nSPS) is 10.5. The first-order valence-electron chi connectivity index (χ1n) is 6.76. The Balaban J connectivity index is 1.90. The van der Waals surface area contributed by atoms with Crippen molar-refractivity contribution in [2.75, 3.05) is 12.4 Å². The number of ether oxygens (including phenoxy) is 1. The van der Waals surface area contributed by atoms with Gasteiger partial charge < -0.3 is 14.5 Å². The molecule has 0 aliphatic rings. The Hall–Kier alpha value is -2.79. The number of hydrogen-bond donors (Lipinski definition) is 1. The summed E-state index contributed by atoms with van der Waals surface area (Å²) in [6.45, 7) is 0. The number of benzene rings is 2. The van der Waals surface area contributed by atoms with Crippen LogP contribution in [0.1, 0.15) is 20.9 Å². The molecule has 0 saturated carbocycles. The molecular weight excluding hydrogens is 318 g/mol. The van der Waals surface area contributed by atoms with E-state index in [1.807, 2.05) is 0 Å². The number of carbonyl (C=O) groups is 2. The minimum absolute atomic E-state index is 0.127. The van der Waals surface area contributed by atoms with Crippen LogP contribution in [0.25, 0.3) is 11.0 Å². The molecule has 0 bridgehead atoms. The lowest BCUT2D eigenvalue weighted by atomic mass is 10.1. The molecule has 116 valence electrons. The number of hydrogen-bond acceptors (Lipinski definition) is 4. The average molecular weight is 330 g/mol. The Kier molecular flexibility index (Phi) is 4.04. The van der Waals surface area contributed by atoms with E-state index in [2.05, 4.69) is 5.32 Å². The molecule has 1 aromatic heterocycles. The number of fused-ring (bicyclic) bond motifs is 1. The number of esters is 1. The second-order valence-corrected chi connectivity index (χ2v) is 5.22. The molecule has 0 spiro atoms. The number of nitrogens with one attached hydrogen (secondary N) is 1. The summed E-state index contributed by atoms with van der Waals surface area (Å²) in [7, 11) is 1.28. The van der Waals surface area contributed by atoms with Crippen molar-refractivity contribution in [1.29, 1.82) is 0 Å². The van der Waals surface area contributed by atoms with E-state index in [9.17, 15) is 9.59 Å². The Morgan fingerprint density at radius 2 is 1.91 bits per heavy atom. The molecule has 5 nitrogen and oxygen atoms in total. The number of furan rings is 1. The van der Waals surface area contributed by atoms with E-state index < -0.39 is 11.9 Å². The van der Waals surface area contributed by atoms with Crippen molar-refractivity contribution in [2.45, 2.75) is 0 Å². The summed E-state index contributed by atoms with van der Waals surface area (Å²) >= 11 is 5.92. The van der Waals surface area contributed by atoms with Crippen molar-refractivity contribution in [3.05, 3.63) is 64.9 Å². The van der Waals surface area contributed by atoms with Crippen LogP contribution in [0, 0.1) is 0 Å². The maximum absolute atomic E-state index is 12.3. The van der Waals surface area contributed by atoms with Crippen LogP contribution >= 0.6 is 11.6 Å². The van der Waals surface area contributed by atoms with Gasteiger partial charge in [-0.25, -0.2) is 4.79 Å². The minimum Gasteiger partial charge on any atom is -0.465 e. The largest absolute Gasteiger partial charge is 0.465 e. The molecule has 0 unspecified atom stereocenters. The number of rotatable bonds is 3. The Labute approximate surface area is 136 Å². The van der Waals surface area contributed by atoms with Crippen LogP contribution in [0.2, 0.25) is 5.02 Å². The zero-order chi connectivity index (χ0) is 16.4. The molecule has 0 aliphatic carbocycles. The van der Waals surface area contributed by atoms with Gasteiger partial charge in [-0.2, -0.15) is 0 Å². The summed E-state index contributed by atoms with van der Waals surface area (Å²) in [5.41, 5.74) is 1.17. The molecule has 3 aromatic rings. The highest BCUT2D eigenvalue weighted by atomic mass is 35.5. The second kappa shape index (κ2) is 6.14. The zero-order valence-corrected chi connectivity index (χ0v) is 12.9. The number of para-hydroxylation sites is 1. The van der Waals surface area contributed by atoms with Crippen LogP contribution < -0.4 is 5.32 Å². The first-order chi connectivity index (χ1) is 11.1. The van der Waals surface area contributed by atoms with Gasteiger partial charge in [0.15, 0.2) is 5.76 Å². The van der Waals surface area contributed by atoms with Crippen molar-refractivity contribution in [3.8, 4) is 0 Å². The Bertz CT molecular complexity index is 900. The highest BCUT2D eigenvalue weighted by molar-refractivity contribution is 6.31. The highest BCUT2D eigenvalue weighted by Gasteiger charge is 2.17. The molecule has 0 saturated heterocycles. The van der Waals surface area contributed by atoms with E-state index in [1.54, 1.807) is 48.5 Å². The van der Waals surface area contributed by atoms with E-state index in [0.717, 1.165) is 5.39 Å². The SMILES string of the molecule is COC(=O)c1ccccc1NC(=O)c1cc2cc(Cl)ccc2o1. The van der Waals surface area contributed by atoms with Gasteiger partial charge in [-0.3, -0.25) is 4.79 Å². The summed E-state index contributed by atoms with van der Waals surface area (Å²) in [6.07, 6.45) is 0. The minimum atomic E-state index is -0.530. The summed E-state index contributed by atoms with van der Waals surface area (Å²) in [5, 5.41) is 3.93. The van der Waals surface area contributed by atoms with Crippen molar-refractivity contribution in [3.63, 3.8) is 0 Å². The van der Waals surface area contributed by atoms with Crippen LogP contribution in [0.5, 0.6) is 0 Å². The molecular formula is C17H12ClNO4. The number of halogens is 1. The molecule has 2 aromatic carbocycles. The topological polar surface area (TPSA) is 68.5 Å². The molecule has 1 heterocycles. The predicted octanol–water partition coefficient (Wildman–Crippen LogP) is 4.13. The molecule has 1 N–H and O–H groups in total. The highest BCUT2D eigenvalue weighted by Crippen LogP contribution is 2.24. The van der Waals surface area contributed by atoms with E-state index >= 15 is 0 Å². The van der Waals surface area contributed by atoms with Gasteiger partial charge in [0, 0.05) is 10.4 Å². The predicted molar refractivity (Wildman–Crippen MR) is 87.0 cm³/mol. The van der Waals surface area contributed by atoms with Crippen molar-refractivity contribution in [1.82, 2.24) is 0 Å². The van der Waals surface area contributed by atoms with E-state index in [1.165, 1.54) is 7.11 Å². The lowest BCUT2D eigenvalue weighted by Gasteiger charge is -2.08. The summed E-state index contributed by atoms with van der Waals surface area (Å²) < 4.78 is 10.2. The number of methoxy groups -OCH3 is 1. The Morgan fingerprint density at radius 3 is 2.70 bits per heavy atom. The number of carbonyl (C=O) groups excluding carboxylic acids is 2. The van der Waals surface area contributed by atoms with E-state index in [-0.39, 0.29) is 11.3 Å². The van der Waals surface area contributed by atoms with Crippen molar-refractivity contribution in [2.24, 2.45) is 0 Å². The van der Waals surface area contributed by atoms with Gasteiger partial charge >= 0.3 is 5.97 Å². The third kappa shape index (κ3) is 3.05. The second-order valence-electron chi connectivity index (χ2n) is 4.78.